The van der Waals surface area contributed by atoms with Gasteiger partial charge in [-0.1, -0.05) is 0 Å². The van der Waals surface area contributed by atoms with E-state index in [0.29, 0.717) is 6.07 Å². The van der Waals surface area contributed by atoms with Gasteiger partial charge in [0.2, 0.25) is 11.6 Å². The van der Waals surface area contributed by atoms with E-state index >= 15 is 0 Å². The quantitative estimate of drug-likeness (QED) is 0.362. The van der Waals surface area contributed by atoms with Gasteiger partial charge in [-0.3, -0.25) is 10.1 Å². The minimum atomic E-state index is -5.24. The van der Waals surface area contributed by atoms with Crippen LogP contribution in [0, 0.1) is 21.7 Å². The Morgan fingerprint density at radius 2 is 1.82 bits per heavy atom. The van der Waals surface area contributed by atoms with Crippen molar-refractivity contribution in [3.05, 3.63) is 32.3 Å². The fraction of sp³-hybridized carbons (Fsp3) is 0.143. The molecule has 0 aliphatic heterocycles. The summed E-state index contributed by atoms with van der Waals surface area (Å²) in [7, 11) is 0. The van der Waals surface area contributed by atoms with Gasteiger partial charge in [0.1, 0.15) is 0 Å². The smallest absolute Gasteiger partial charge is 0.401 e. The van der Waals surface area contributed by atoms with Gasteiger partial charge < -0.3 is 4.74 Å². The standard InChI is InChI=1S/C7HBrF5NO3/c8-2-1-3(14(15)16)4(9)5(10)6(2)17-7(11,12)13/h1H. The number of nitro benzene ring substituents is 1. The molecular formula is C7HBrF5NO3. The Morgan fingerprint density at radius 1 is 1.29 bits per heavy atom. The second kappa shape index (κ2) is 4.43. The number of rotatable bonds is 2. The SMILES string of the molecule is O=[N+]([O-])c1cc(Br)c(OC(F)(F)F)c(F)c1F. The fourth-order valence-corrected chi connectivity index (χ4v) is 1.38. The topological polar surface area (TPSA) is 52.4 Å². The molecule has 0 aromatic heterocycles. The van der Waals surface area contributed by atoms with Crippen LogP contribution in [0.4, 0.5) is 27.6 Å². The molecule has 17 heavy (non-hydrogen) atoms. The predicted octanol–water partition coefficient (Wildman–Crippen LogP) is 3.53. The lowest BCUT2D eigenvalue weighted by Crippen LogP contribution is -2.19. The van der Waals surface area contributed by atoms with Crippen LogP contribution in [0.15, 0.2) is 10.5 Å². The second-order valence-electron chi connectivity index (χ2n) is 2.64. The number of nitrogens with zero attached hydrogens (tertiary/aromatic N) is 1. The van der Waals surface area contributed by atoms with Gasteiger partial charge in [-0.05, 0) is 15.9 Å². The minimum Gasteiger partial charge on any atom is -0.401 e. The zero-order valence-corrected chi connectivity index (χ0v) is 9.10. The summed E-state index contributed by atoms with van der Waals surface area (Å²) in [5, 5.41) is 10.2. The molecule has 1 aromatic rings. The largest absolute Gasteiger partial charge is 0.573 e. The van der Waals surface area contributed by atoms with Gasteiger partial charge in [0, 0.05) is 6.07 Å². The van der Waals surface area contributed by atoms with Crippen LogP contribution in [0.1, 0.15) is 0 Å². The Labute approximate surface area is 98.3 Å². The van der Waals surface area contributed by atoms with Gasteiger partial charge in [0.05, 0.1) is 9.40 Å². The van der Waals surface area contributed by atoms with Gasteiger partial charge >= 0.3 is 12.0 Å². The lowest BCUT2D eigenvalue weighted by Gasteiger charge is -2.11. The Hall–Kier alpha value is -1.45. The molecule has 94 valence electrons. The molecule has 10 heteroatoms. The molecule has 0 saturated carbocycles. The summed E-state index contributed by atoms with van der Waals surface area (Å²) < 4.78 is 64.0. The monoisotopic (exact) mass is 321 g/mol. The van der Waals surface area contributed by atoms with E-state index in [1.165, 1.54) is 0 Å². The maximum atomic E-state index is 13.1. The average molecular weight is 322 g/mol. The van der Waals surface area contributed by atoms with E-state index < -0.39 is 38.8 Å². The van der Waals surface area contributed by atoms with Crippen LogP contribution in [-0.2, 0) is 0 Å². The molecular weight excluding hydrogens is 321 g/mol. The molecule has 0 atom stereocenters. The summed E-state index contributed by atoms with van der Waals surface area (Å²) in [5.41, 5.74) is -1.30. The zero-order chi connectivity index (χ0) is 13.4. The van der Waals surface area contributed by atoms with E-state index in [9.17, 15) is 32.1 Å². The van der Waals surface area contributed by atoms with E-state index in [1.807, 2.05) is 0 Å². The van der Waals surface area contributed by atoms with E-state index in [1.54, 1.807) is 0 Å². The van der Waals surface area contributed by atoms with E-state index in [0.717, 1.165) is 0 Å². The zero-order valence-electron chi connectivity index (χ0n) is 7.52. The lowest BCUT2D eigenvalue weighted by atomic mass is 10.3. The molecule has 0 amide bonds. The predicted molar refractivity (Wildman–Crippen MR) is 47.4 cm³/mol. The highest BCUT2D eigenvalue weighted by Crippen LogP contribution is 2.38. The van der Waals surface area contributed by atoms with Crippen LogP contribution in [0.5, 0.6) is 5.75 Å². The average Bonchev–Trinajstić information content (AvgIpc) is 2.16. The Kier molecular flexibility index (Phi) is 3.55. The van der Waals surface area contributed by atoms with Crippen molar-refractivity contribution in [2.45, 2.75) is 6.36 Å². The molecule has 4 nitrogen and oxygen atoms in total. The third-order valence-corrected chi connectivity index (χ3v) is 2.10. The summed E-state index contributed by atoms with van der Waals surface area (Å²) in [6.45, 7) is 0. The van der Waals surface area contributed by atoms with Gasteiger partial charge in [0.25, 0.3) is 0 Å². The number of benzene rings is 1. The van der Waals surface area contributed by atoms with Crippen LogP contribution >= 0.6 is 15.9 Å². The van der Waals surface area contributed by atoms with E-state index in [4.69, 9.17) is 0 Å². The maximum Gasteiger partial charge on any atom is 0.573 e. The van der Waals surface area contributed by atoms with Crippen LogP contribution < -0.4 is 4.74 Å². The molecule has 0 heterocycles. The van der Waals surface area contributed by atoms with Crippen molar-refractivity contribution in [3.63, 3.8) is 0 Å². The molecule has 0 spiro atoms. The van der Waals surface area contributed by atoms with Crippen molar-refractivity contribution < 1.29 is 31.6 Å². The van der Waals surface area contributed by atoms with E-state index in [2.05, 4.69) is 20.7 Å². The molecule has 0 saturated heterocycles. The summed E-state index contributed by atoms with van der Waals surface area (Å²) in [6, 6.07) is 0.374. The number of nitro groups is 1. The highest BCUT2D eigenvalue weighted by molar-refractivity contribution is 9.10. The third kappa shape index (κ3) is 3.02. The number of ether oxygens (including phenoxy) is 1. The van der Waals surface area contributed by atoms with Crippen molar-refractivity contribution in [1.82, 2.24) is 0 Å². The molecule has 1 aromatic carbocycles. The Morgan fingerprint density at radius 3 is 2.24 bits per heavy atom. The first-order valence-electron chi connectivity index (χ1n) is 3.71. The normalized spacial score (nSPS) is 11.4. The van der Waals surface area contributed by atoms with Gasteiger partial charge in [-0.25, -0.2) is 0 Å². The second-order valence-corrected chi connectivity index (χ2v) is 3.49. The van der Waals surface area contributed by atoms with Crippen molar-refractivity contribution in [1.29, 1.82) is 0 Å². The van der Waals surface area contributed by atoms with Crippen LogP contribution in [0.2, 0.25) is 0 Å². The van der Waals surface area contributed by atoms with Crippen LogP contribution in [0.25, 0.3) is 0 Å². The van der Waals surface area contributed by atoms with E-state index in [-0.39, 0.29) is 0 Å². The lowest BCUT2D eigenvalue weighted by molar-refractivity contribution is -0.388. The molecule has 1 rings (SSSR count). The summed E-state index contributed by atoms with van der Waals surface area (Å²) in [6.07, 6.45) is -5.24. The first kappa shape index (κ1) is 13.6. The van der Waals surface area contributed by atoms with Crippen LogP contribution in [-0.4, -0.2) is 11.3 Å². The van der Waals surface area contributed by atoms with Crippen LogP contribution in [0.3, 0.4) is 0 Å². The minimum absolute atomic E-state index is 0.374. The number of hydrogen-bond acceptors (Lipinski definition) is 3. The van der Waals surface area contributed by atoms with Gasteiger partial charge in [-0.15, -0.1) is 13.2 Å². The maximum absolute atomic E-state index is 13.1. The molecule has 0 unspecified atom stereocenters. The summed E-state index contributed by atoms with van der Waals surface area (Å²) in [4.78, 5) is 8.96. The Bertz CT molecular complexity index is 476. The molecule has 0 aliphatic rings. The highest BCUT2D eigenvalue weighted by Gasteiger charge is 2.36. The molecule has 0 aliphatic carbocycles. The van der Waals surface area contributed by atoms with Crippen molar-refractivity contribution >= 4 is 21.6 Å². The molecule has 0 N–H and O–H groups in total. The van der Waals surface area contributed by atoms with Gasteiger partial charge in [-0.2, -0.15) is 8.78 Å². The summed E-state index contributed by atoms with van der Waals surface area (Å²) in [5.74, 6) is -5.62. The third-order valence-electron chi connectivity index (χ3n) is 1.51. The first-order valence-corrected chi connectivity index (χ1v) is 4.50. The summed E-state index contributed by atoms with van der Waals surface area (Å²) >= 11 is 2.42. The number of halogens is 6. The van der Waals surface area contributed by atoms with Crippen molar-refractivity contribution in [2.24, 2.45) is 0 Å². The Balaban J connectivity index is 3.36. The number of hydrogen-bond donors (Lipinski definition) is 0. The molecule has 0 radical (unpaired) electrons. The highest BCUT2D eigenvalue weighted by atomic mass is 79.9. The fourth-order valence-electron chi connectivity index (χ4n) is 0.908. The van der Waals surface area contributed by atoms with Crippen molar-refractivity contribution in [3.8, 4) is 5.75 Å². The molecule has 0 fully saturated rings. The van der Waals surface area contributed by atoms with Crippen molar-refractivity contribution in [2.75, 3.05) is 0 Å². The first-order chi connectivity index (χ1) is 7.63. The van der Waals surface area contributed by atoms with Gasteiger partial charge in [0.15, 0.2) is 5.75 Å². The number of alkyl halides is 3. The molecule has 0 bridgehead atoms.